The second-order valence-electron chi connectivity index (χ2n) is 4.87. The molecule has 0 spiro atoms. The third-order valence-electron chi connectivity index (χ3n) is 2.91. The number of aromatic nitrogens is 1. The first-order valence-electron chi connectivity index (χ1n) is 6.46. The normalized spacial score (nSPS) is 12.8. The van der Waals surface area contributed by atoms with Crippen molar-refractivity contribution in [3.05, 3.63) is 10.7 Å². The Balaban J connectivity index is 3.15. The molecular weight excluding hydrogens is 304 g/mol. The van der Waals surface area contributed by atoms with Crippen LogP contribution >= 0.6 is 22.9 Å². The SMILES string of the molecule is CCC(CC)N(CC(C)C)S(=O)(=O)c1cnc(Cl)s1. The molecule has 0 atom stereocenters. The smallest absolute Gasteiger partial charge is 0.232 e. The predicted octanol–water partition coefficient (Wildman–Crippen LogP) is 3.63. The van der Waals surface area contributed by atoms with Gasteiger partial charge in [-0.3, -0.25) is 0 Å². The Hall–Kier alpha value is -0.170. The van der Waals surface area contributed by atoms with Crippen molar-refractivity contribution in [1.82, 2.24) is 9.29 Å². The molecule has 1 aromatic heterocycles. The van der Waals surface area contributed by atoms with Crippen molar-refractivity contribution < 1.29 is 8.42 Å². The van der Waals surface area contributed by atoms with Crippen LogP contribution in [0.5, 0.6) is 0 Å². The zero-order valence-electron chi connectivity index (χ0n) is 11.8. The number of hydrogen-bond donors (Lipinski definition) is 0. The lowest BCUT2D eigenvalue weighted by molar-refractivity contribution is 0.277. The van der Waals surface area contributed by atoms with Crippen LogP contribution in [-0.4, -0.2) is 30.3 Å². The fourth-order valence-corrected chi connectivity index (χ4v) is 5.33. The number of nitrogens with zero attached hydrogens (tertiary/aromatic N) is 2. The van der Waals surface area contributed by atoms with Crippen molar-refractivity contribution in [2.24, 2.45) is 5.92 Å². The Morgan fingerprint density at radius 2 is 1.95 bits per heavy atom. The summed E-state index contributed by atoms with van der Waals surface area (Å²) in [7, 11) is -3.49. The Morgan fingerprint density at radius 1 is 1.37 bits per heavy atom. The summed E-state index contributed by atoms with van der Waals surface area (Å²) in [5.74, 6) is 0.277. The Bertz CT molecular complexity index is 496. The lowest BCUT2D eigenvalue weighted by Crippen LogP contribution is -2.41. The minimum atomic E-state index is -3.49. The standard InChI is InChI=1S/C12H21ClN2O2S2/c1-5-10(6-2)15(8-9(3)4)19(16,17)11-7-14-12(13)18-11/h7,9-10H,5-6,8H2,1-4H3. The number of halogens is 1. The maximum atomic E-state index is 12.7. The molecule has 110 valence electrons. The minimum absolute atomic E-state index is 0.0216. The zero-order valence-corrected chi connectivity index (χ0v) is 14.1. The van der Waals surface area contributed by atoms with Crippen molar-refractivity contribution in [3.63, 3.8) is 0 Å². The molecule has 1 aromatic rings. The highest BCUT2D eigenvalue weighted by atomic mass is 35.5. The zero-order chi connectivity index (χ0) is 14.6. The summed E-state index contributed by atoms with van der Waals surface area (Å²) in [5, 5.41) is 0. The fraction of sp³-hybridized carbons (Fsp3) is 0.750. The number of sulfonamides is 1. The van der Waals surface area contributed by atoms with Crippen molar-refractivity contribution in [3.8, 4) is 0 Å². The van der Waals surface area contributed by atoms with E-state index in [-0.39, 0.29) is 20.6 Å². The van der Waals surface area contributed by atoms with Gasteiger partial charge in [-0.05, 0) is 18.8 Å². The largest absolute Gasteiger partial charge is 0.254 e. The predicted molar refractivity (Wildman–Crippen MR) is 80.2 cm³/mol. The highest BCUT2D eigenvalue weighted by molar-refractivity contribution is 7.91. The molecular formula is C12H21ClN2O2S2. The molecule has 0 N–H and O–H groups in total. The van der Waals surface area contributed by atoms with Gasteiger partial charge in [0.25, 0.3) is 10.0 Å². The molecule has 7 heteroatoms. The van der Waals surface area contributed by atoms with Crippen LogP contribution in [0, 0.1) is 5.92 Å². The Morgan fingerprint density at radius 3 is 2.32 bits per heavy atom. The molecule has 0 bridgehead atoms. The van der Waals surface area contributed by atoms with E-state index < -0.39 is 10.0 Å². The first-order valence-corrected chi connectivity index (χ1v) is 9.09. The van der Waals surface area contributed by atoms with Crippen LogP contribution in [0.25, 0.3) is 0 Å². The van der Waals surface area contributed by atoms with Gasteiger partial charge in [-0.1, -0.05) is 50.6 Å². The highest BCUT2D eigenvalue weighted by Gasteiger charge is 2.31. The quantitative estimate of drug-likeness (QED) is 0.769. The average Bonchev–Trinajstić information content (AvgIpc) is 2.76. The van der Waals surface area contributed by atoms with Gasteiger partial charge in [0.2, 0.25) is 0 Å². The molecule has 0 radical (unpaired) electrons. The lowest BCUT2D eigenvalue weighted by Gasteiger charge is -2.30. The van der Waals surface area contributed by atoms with E-state index in [1.54, 1.807) is 4.31 Å². The molecule has 0 fully saturated rings. The van der Waals surface area contributed by atoms with E-state index in [1.165, 1.54) is 6.20 Å². The van der Waals surface area contributed by atoms with E-state index in [0.29, 0.717) is 6.54 Å². The Kier molecular flexibility index (Phi) is 6.23. The number of thiazole rings is 1. The molecule has 4 nitrogen and oxygen atoms in total. The third-order valence-corrected chi connectivity index (χ3v) is 6.38. The summed E-state index contributed by atoms with van der Waals surface area (Å²) < 4.78 is 27.4. The van der Waals surface area contributed by atoms with E-state index in [9.17, 15) is 8.42 Å². The van der Waals surface area contributed by atoms with Crippen LogP contribution in [-0.2, 0) is 10.0 Å². The summed E-state index contributed by atoms with van der Waals surface area (Å²) in [6.07, 6.45) is 2.95. The number of rotatable bonds is 7. The van der Waals surface area contributed by atoms with Crippen LogP contribution in [0.15, 0.2) is 10.4 Å². The third kappa shape index (κ3) is 4.15. The van der Waals surface area contributed by atoms with Gasteiger partial charge in [0.15, 0.2) is 8.68 Å². The van der Waals surface area contributed by atoms with Gasteiger partial charge >= 0.3 is 0 Å². The fourth-order valence-electron chi connectivity index (χ4n) is 1.97. The summed E-state index contributed by atoms with van der Waals surface area (Å²) in [6, 6.07) is 0.0216. The molecule has 0 saturated carbocycles. The van der Waals surface area contributed by atoms with Crippen LogP contribution < -0.4 is 0 Å². The van der Waals surface area contributed by atoms with E-state index >= 15 is 0 Å². The van der Waals surface area contributed by atoms with Crippen molar-refractivity contribution in [2.45, 2.75) is 50.8 Å². The van der Waals surface area contributed by atoms with Crippen LogP contribution in [0.1, 0.15) is 40.5 Å². The van der Waals surface area contributed by atoms with Gasteiger partial charge < -0.3 is 0 Å². The van der Waals surface area contributed by atoms with Gasteiger partial charge in [-0.2, -0.15) is 4.31 Å². The molecule has 1 rings (SSSR count). The Labute approximate surface area is 124 Å². The first kappa shape index (κ1) is 16.9. The maximum absolute atomic E-state index is 12.7. The summed E-state index contributed by atoms with van der Waals surface area (Å²) in [4.78, 5) is 3.83. The number of hydrogen-bond acceptors (Lipinski definition) is 4. The topological polar surface area (TPSA) is 50.3 Å². The molecule has 0 aliphatic carbocycles. The average molecular weight is 325 g/mol. The molecule has 0 amide bonds. The first-order chi connectivity index (χ1) is 8.82. The molecule has 0 unspecified atom stereocenters. The van der Waals surface area contributed by atoms with Gasteiger partial charge in [0.1, 0.15) is 0 Å². The summed E-state index contributed by atoms with van der Waals surface area (Å²) in [6.45, 7) is 8.58. The summed E-state index contributed by atoms with van der Waals surface area (Å²) in [5.41, 5.74) is 0. The summed E-state index contributed by atoms with van der Waals surface area (Å²) >= 11 is 6.76. The molecule has 0 aromatic carbocycles. The van der Waals surface area contributed by atoms with Gasteiger partial charge in [0, 0.05) is 12.6 Å². The molecule has 0 saturated heterocycles. The van der Waals surface area contributed by atoms with Crippen molar-refractivity contribution in [2.75, 3.05) is 6.54 Å². The molecule has 1 heterocycles. The monoisotopic (exact) mass is 324 g/mol. The van der Waals surface area contributed by atoms with E-state index in [4.69, 9.17) is 11.6 Å². The molecule has 19 heavy (non-hydrogen) atoms. The second-order valence-corrected chi connectivity index (χ2v) is 8.60. The van der Waals surface area contributed by atoms with Crippen LogP contribution in [0.3, 0.4) is 0 Å². The second kappa shape index (κ2) is 7.02. The van der Waals surface area contributed by atoms with Gasteiger partial charge in [-0.25, -0.2) is 13.4 Å². The van der Waals surface area contributed by atoms with E-state index in [1.807, 2.05) is 27.7 Å². The van der Waals surface area contributed by atoms with E-state index in [2.05, 4.69) is 4.98 Å². The van der Waals surface area contributed by atoms with Crippen molar-refractivity contribution in [1.29, 1.82) is 0 Å². The minimum Gasteiger partial charge on any atom is -0.232 e. The van der Waals surface area contributed by atoms with Crippen LogP contribution in [0.2, 0.25) is 4.47 Å². The van der Waals surface area contributed by atoms with Gasteiger partial charge in [0.05, 0.1) is 6.20 Å². The molecule has 0 aliphatic rings. The van der Waals surface area contributed by atoms with Crippen molar-refractivity contribution >= 4 is 33.0 Å². The lowest BCUT2D eigenvalue weighted by atomic mass is 10.1. The molecule has 0 aliphatic heterocycles. The highest BCUT2D eigenvalue weighted by Crippen LogP contribution is 2.28. The van der Waals surface area contributed by atoms with Crippen LogP contribution in [0.4, 0.5) is 0 Å². The van der Waals surface area contributed by atoms with Gasteiger partial charge in [-0.15, -0.1) is 0 Å². The van der Waals surface area contributed by atoms with E-state index in [0.717, 1.165) is 24.2 Å². The maximum Gasteiger partial charge on any atom is 0.254 e.